The highest BCUT2D eigenvalue weighted by Crippen LogP contribution is 2.36. The second kappa shape index (κ2) is 4.50. The molecule has 8 nitrogen and oxygen atoms in total. The average molecular weight is 275 g/mol. The summed E-state index contributed by atoms with van der Waals surface area (Å²) >= 11 is 0. The second-order valence-electron chi connectivity index (χ2n) is 5.31. The van der Waals surface area contributed by atoms with Gasteiger partial charge in [-0.3, -0.25) is 4.79 Å². The Kier molecular flexibility index (Phi) is 3.40. The zero-order valence-corrected chi connectivity index (χ0v) is 10.9. The van der Waals surface area contributed by atoms with Gasteiger partial charge in [-0.2, -0.15) is 5.48 Å². The zero-order chi connectivity index (χ0) is 14.4. The number of Topliss-reactive ketones (excluding diaryl/α,β-unsaturated/α-hetero) is 1. The maximum atomic E-state index is 11.6. The molecule has 0 radical (unpaired) electrons. The fourth-order valence-corrected chi connectivity index (χ4v) is 1.96. The van der Waals surface area contributed by atoms with E-state index in [4.69, 9.17) is 19.4 Å². The molecule has 0 aromatic carbocycles. The molecule has 0 amide bonds. The van der Waals surface area contributed by atoms with Gasteiger partial charge in [-0.05, 0) is 20.8 Å². The van der Waals surface area contributed by atoms with Gasteiger partial charge in [-0.1, -0.05) is 0 Å². The fraction of sp³-hybridized carbons (Fsp3) is 0.818. The van der Waals surface area contributed by atoms with Gasteiger partial charge in [0.15, 0.2) is 11.9 Å². The number of carbonyl (C=O) groups excluding carboxylic acids is 2. The molecule has 108 valence electrons. The number of aliphatic hydroxyl groups excluding tert-OH is 1. The van der Waals surface area contributed by atoms with Gasteiger partial charge in [0.05, 0.1) is 12.1 Å². The Morgan fingerprint density at radius 3 is 2.53 bits per heavy atom. The van der Waals surface area contributed by atoms with Crippen molar-refractivity contribution >= 4 is 11.8 Å². The number of esters is 1. The first kappa shape index (κ1) is 14.4. The molecular formula is C11H17NO7. The second-order valence-corrected chi connectivity index (χ2v) is 5.31. The normalized spacial score (nSPS) is 39.7. The highest BCUT2D eigenvalue weighted by molar-refractivity contribution is 6.09. The Labute approximate surface area is 109 Å². The lowest BCUT2D eigenvalue weighted by Crippen LogP contribution is -2.57. The summed E-state index contributed by atoms with van der Waals surface area (Å²) < 4.78 is 15.9. The molecule has 2 saturated heterocycles. The molecule has 0 aromatic heterocycles. The minimum atomic E-state index is -1.76. The Hall–Kier alpha value is -1.06. The zero-order valence-electron chi connectivity index (χ0n) is 10.9. The molecule has 8 heteroatoms. The number of hydrogen-bond acceptors (Lipinski definition) is 8. The Bertz CT molecular complexity index is 410. The van der Waals surface area contributed by atoms with Gasteiger partial charge in [0.2, 0.25) is 11.9 Å². The van der Waals surface area contributed by atoms with Crippen LogP contribution in [-0.4, -0.2) is 58.3 Å². The predicted octanol–water partition coefficient (Wildman–Crippen LogP) is -1.27. The Morgan fingerprint density at radius 2 is 2.05 bits per heavy atom. The highest BCUT2D eigenvalue weighted by Gasteiger charge is 2.56. The molecule has 2 heterocycles. The average Bonchev–Trinajstić information content (AvgIpc) is 2.87. The topological polar surface area (TPSA) is 114 Å². The van der Waals surface area contributed by atoms with Gasteiger partial charge in [-0.15, -0.1) is 0 Å². The minimum Gasteiger partial charge on any atom is -0.449 e. The van der Waals surface area contributed by atoms with E-state index in [1.807, 2.05) is 0 Å². The van der Waals surface area contributed by atoms with Gasteiger partial charge >= 0.3 is 5.97 Å². The van der Waals surface area contributed by atoms with Gasteiger partial charge in [0.25, 0.3) is 0 Å². The first-order valence-corrected chi connectivity index (χ1v) is 5.87. The number of nitrogens with one attached hydrogen (secondary N) is 1. The molecule has 4 unspecified atom stereocenters. The van der Waals surface area contributed by atoms with Crippen LogP contribution in [0.15, 0.2) is 0 Å². The molecule has 2 aliphatic rings. The molecule has 2 rings (SSSR count). The van der Waals surface area contributed by atoms with E-state index in [-0.39, 0.29) is 6.61 Å². The van der Waals surface area contributed by atoms with E-state index in [1.54, 1.807) is 20.8 Å². The minimum absolute atomic E-state index is 0.0119. The highest BCUT2D eigenvalue weighted by atomic mass is 16.8. The van der Waals surface area contributed by atoms with Crippen LogP contribution in [0.25, 0.3) is 0 Å². The number of hydrogen-bond donors (Lipinski definition) is 3. The van der Waals surface area contributed by atoms with Crippen molar-refractivity contribution in [3.8, 4) is 0 Å². The number of ether oxygens (including phenoxy) is 3. The lowest BCUT2D eigenvalue weighted by molar-refractivity contribution is -0.226. The van der Waals surface area contributed by atoms with Crippen LogP contribution in [0.2, 0.25) is 0 Å². The summed E-state index contributed by atoms with van der Waals surface area (Å²) in [6.45, 7) is 4.89. The molecule has 0 aromatic rings. The van der Waals surface area contributed by atoms with E-state index < -0.39 is 41.4 Å². The van der Waals surface area contributed by atoms with Crippen molar-refractivity contribution in [2.24, 2.45) is 0 Å². The molecule has 2 fully saturated rings. The number of rotatable bonds is 3. The standard InChI is InChI=1S/C11H17NO7/c1-10(2,12-16)11(3)17-4-5(19-11)8-6(13)7(14)9(15)18-8/h5,7-8,12,14,16H,4H2,1-3H3. The summed E-state index contributed by atoms with van der Waals surface area (Å²) in [7, 11) is 0. The number of cyclic esters (lactones) is 1. The largest absolute Gasteiger partial charge is 0.449 e. The molecule has 3 N–H and O–H groups in total. The number of aliphatic hydroxyl groups is 1. The van der Waals surface area contributed by atoms with Crippen LogP contribution < -0.4 is 5.48 Å². The van der Waals surface area contributed by atoms with Crippen molar-refractivity contribution < 1.29 is 34.1 Å². The van der Waals surface area contributed by atoms with Crippen LogP contribution in [0, 0.1) is 0 Å². The Morgan fingerprint density at radius 1 is 1.42 bits per heavy atom. The maximum absolute atomic E-state index is 11.6. The predicted molar refractivity (Wildman–Crippen MR) is 59.1 cm³/mol. The summed E-state index contributed by atoms with van der Waals surface area (Å²) in [4.78, 5) is 22.8. The van der Waals surface area contributed by atoms with Crippen LogP contribution >= 0.6 is 0 Å². The van der Waals surface area contributed by atoms with Crippen LogP contribution in [0.4, 0.5) is 0 Å². The number of hydroxylamine groups is 1. The third kappa shape index (κ3) is 2.15. The van der Waals surface area contributed by atoms with Gasteiger partial charge in [0, 0.05) is 0 Å². The van der Waals surface area contributed by atoms with Gasteiger partial charge in [0.1, 0.15) is 6.10 Å². The van der Waals surface area contributed by atoms with E-state index >= 15 is 0 Å². The summed E-state index contributed by atoms with van der Waals surface area (Å²) in [6.07, 6.45) is -3.76. The smallest absolute Gasteiger partial charge is 0.343 e. The first-order valence-electron chi connectivity index (χ1n) is 5.87. The quantitative estimate of drug-likeness (QED) is 0.332. The summed E-state index contributed by atoms with van der Waals surface area (Å²) in [5.41, 5.74) is 1.13. The summed E-state index contributed by atoms with van der Waals surface area (Å²) in [6, 6.07) is 0. The Balaban J connectivity index is 2.11. The lowest BCUT2D eigenvalue weighted by Gasteiger charge is -2.38. The van der Waals surface area contributed by atoms with Crippen molar-refractivity contribution in [3.63, 3.8) is 0 Å². The molecule has 0 bridgehead atoms. The molecule has 19 heavy (non-hydrogen) atoms. The molecule has 4 atom stereocenters. The number of carbonyl (C=O) groups is 2. The van der Waals surface area contributed by atoms with E-state index in [1.165, 1.54) is 0 Å². The molecule has 2 aliphatic heterocycles. The van der Waals surface area contributed by atoms with Crippen LogP contribution in [0.5, 0.6) is 0 Å². The van der Waals surface area contributed by atoms with Crippen molar-refractivity contribution in [2.75, 3.05) is 6.61 Å². The van der Waals surface area contributed by atoms with Crippen LogP contribution in [-0.2, 0) is 23.8 Å². The molecule has 0 spiro atoms. The van der Waals surface area contributed by atoms with E-state index in [9.17, 15) is 14.7 Å². The van der Waals surface area contributed by atoms with Crippen molar-refractivity contribution in [2.45, 2.75) is 50.4 Å². The van der Waals surface area contributed by atoms with Gasteiger partial charge in [-0.25, -0.2) is 4.79 Å². The fourth-order valence-electron chi connectivity index (χ4n) is 1.96. The third-order valence-electron chi connectivity index (χ3n) is 3.67. The monoisotopic (exact) mass is 275 g/mol. The SMILES string of the molecule is CC(C)(NO)C1(C)OCC(C2OC(=O)C(O)C2=O)O1. The molecule has 0 aliphatic carbocycles. The van der Waals surface area contributed by atoms with E-state index in [0.29, 0.717) is 0 Å². The van der Waals surface area contributed by atoms with Crippen molar-refractivity contribution in [1.82, 2.24) is 5.48 Å². The molecule has 0 saturated carbocycles. The summed E-state index contributed by atoms with van der Waals surface area (Å²) in [5.74, 6) is -2.92. The lowest BCUT2D eigenvalue weighted by atomic mass is 9.96. The van der Waals surface area contributed by atoms with Crippen molar-refractivity contribution in [3.05, 3.63) is 0 Å². The van der Waals surface area contributed by atoms with Crippen molar-refractivity contribution in [1.29, 1.82) is 0 Å². The third-order valence-corrected chi connectivity index (χ3v) is 3.67. The van der Waals surface area contributed by atoms with E-state index in [0.717, 1.165) is 0 Å². The van der Waals surface area contributed by atoms with Crippen LogP contribution in [0.3, 0.4) is 0 Å². The molecular weight excluding hydrogens is 258 g/mol. The summed E-state index contributed by atoms with van der Waals surface area (Å²) in [5, 5.41) is 18.4. The van der Waals surface area contributed by atoms with Gasteiger partial charge < -0.3 is 24.5 Å². The van der Waals surface area contributed by atoms with Crippen LogP contribution in [0.1, 0.15) is 20.8 Å². The number of ketones is 1. The maximum Gasteiger partial charge on any atom is 0.343 e. The van der Waals surface area contributed by atoms with E-state index in [2.05, 4.69) is 5.48 Å². The first-order chi connectivity index (χ1) is 8.72.